The van der Waals surface area contributed by atoms with Crippen LogP contribution in [-0.4, -0.2) is 65.7 Å². The van der Waals surface area contributed by atoms with Gasteiger partial charge in [-0.3, -0.25) is 18.6 Å². The highest BCUT2D eigenvalue weighted by molar-refractivity contribution is 7.47. The molecule has 0 bridgehead atoms. The molecule has 11 heteroatoms. The van der Waals surface area contributed by atoms with E-state index in [0.717, 1.165) is 57.8 Å². The van der Waals surface area contributed by atoms with Crippen LogP contribution in [0.5, 0.6) is 0 Å². The summed E-state index contributed by atoms with van der Waals surface area (Å²) < 4.78 is 32.7. The number of ether oxygens (including phenoxy) is 2. The Morgan fingerprint density at radius 2 is 0.912 bits per heavy atom. The van der Waals surface area contributed by atoms with Crippen molar-refractivity contribution < 1.29 is 47.8 Å². The summed E-state index contributed by atoms with van der Waals surface area (Å²) in [5.41, 5.74) is 0. The van der Waals surface area contributed by atoms with Crippen molar-refractivity contribution in [3.8, 4) is 0 Å². The molecule has 0 aliphatic heterocycles. The molecule has 0 saturated heterocycles. The summed E-state index contributed by atoms with van der Waals surface area (Å²) in [5.74, 6) is -0.943. The number of phosphoric acid groups is 1. The largest absolute Gasteiger partial charge is 0.472 e. The van der Waals surface area contributed by atoms with E-state index in [-0.39, 0.29) is 19.4 Å². The van der Waals surface area contributed by atoms with Gasteiger partial charge >= 0.3 is 19.8 Å². The average molecular weight is 829 g/mol. The lowest BCUT2D eigenvalue weighted by Gasteiger charge is -2.20. The van der Waals surface area contributed by atoms with Crippen LogP contribution in [0.25, 0.3) is 0 Å². The van der Waals surface area contributed by atoms with Gasteiger partial charge < -0.3 is 24.6 Å². The van der Waals surface area contributed by atoms with Crippen LogP contribution in [0.2, 0.25) is 0 Å². The molecule has 0 amide bonds. The fourth-order valence-corrected chi connectivity index (χ4v) is 7.03. The highest BCUT2D eigenvalue weighted by atomic mass is 31.2. The normalized spacial score (nSPS) is 14.1. The summed E-state index contributed by atoms with van der Waals surface area (Å²) in [6, 6.07) is 0. The maximum atomic E-state index is 12.6. The highest BCUT2D eigenvalue weighted by Gasteiger charge is 2.27. The second-order valence-corrected chi connectivity index (χ2v) is 16.9. The summed E-state index contributed by atoms with van der Waals surface area (Å²) in [5, 5.41) is 18.3. The zero-order valence-corrected chi connectivity index (χ0v) is 37.2. The maximum Gasteiger partial charge on any atom is 0.472 e. The fraction of sp³-hybridized carbons (Fsp3) is 0.826. The van der Waals surface area contributed by atoms with Crippen LogP contribution >= 0.6 is 7.82 Å². The predicted octanol–water partition coefficient (Wildman–Crippen LogP) is 12.3. The summed E-state index contributed by atoms with van der Waals surface area (Å²) >= 11 is 0. The highest BCUT2D eigenvalue weighted by Crippen LogP contribution is 2.43. The molecule has 57 heavy (non-hydrogen) atoms. The summed E-state index contributed by atoms with van der Waals surface area (Å²) in [4.78, 5) is 35.0. The molecule has 3 N–H and O–H groups in total. The van der Waals surface area contributed by atoms with Crippen molar-refractivity contribution in [3.63, 3.8) is 0 Å². The minimum absolute atomic E-state index is 0.182. The third-order valence-corrected chi connectivity index (χ3v) is 10.7. The minimum Gasteiger partial charge on any atom is -0.462 e. The number of aliphatic hydroxyl groups is 2. The first kappa shape index (κ1) is 55.2. The van der Waals surface area contributed by atoms with Crippen LogP contribution in [-0.2, 0) is 32.7 Å². The van der Waals surface area contributed by atoms with E-state index in [2.05, 4.69) is 50.3 Å². The third kappa shape index (κ3) is 42.1. The Hall–Kier alpha value is -1.81. The van der Waals surface area contributed by atoms with Crippen LogP contribution in [0.3, 0.4) is 0 Å². The second-order valence-electron chi connectivity index (χ2n) is 15.4. The van der Waals surface area contributed by atoms with Gasteiger partial charge in [0.05, 0.1) is 19.8 Å². The second kappa shape index (κ2) is 42.3. The quantitative estimate of drug-likeness (QED) is 0.0235. The molecule has 0 radical (unpaired) electrons. The standard InChI is InChI=1S/C46H85O10P/c1-3-5-7-9-11-13-15-17-19-21-23-25-27-29-31-33-35-37-45(49)53-41-44(42-55-57(51,52)54-40-43(48)39-47)56-46(50)38-36-34-32-30-28-26-24-22-20-18-16-14-12-10-8-6-4-2/h11,13,17,19,23,25,43-44,47-48H,3-10,12,14-16,18,20-22,24,26-42H2,1-2H3,(H,51,52)/b13-11-,19-17-,25-23-/t43-,44+/m0/s1. The van der Waals surface area contributed by atoms with E-state index in [1.807, 2.05) is 0 Å². The van der Waals surface area contributed by atoms with Gasteiger partial charge in [0, 0.05) is 12.8 Å². The van der Waals surface area contributed by atoms with Gasteiger partial charge in [0.1, 0.15) is 12.7 Å². The number of esters is 2. The summed E-state index contributed by atoms with van der Waals surface area (Å²) in [6.07, 6.45) is 43.9. The van der Waals surface area contributed by atoms with Gasteiger partial charge in [-0.05, 0) is 51.4 Å². The third-order valence-electron chi connectivity index (χ3n) is 9.80. The number of allylic oxidation sites excluding steroid dienone is 6. The molecule has 0 fully saturated rings. The van der Waals surface area contributed by atoms with Gasteiger partial charge in [-0.25, -0.2) is 4.57 Å². The van der Waals surface area contributed by atoms with Gasteiger partial charge in [-0.2, -0.15) is 0 Å². The van der Waals surface area contributed by atoms with E-state index in [1.165, 1.54) is 109 Å². The smallest absolute Gasteiger partial charge is 0.462 e. The zero-order valence-electron chi connectivity index (χ0n) is 36.3. The topological polar surface area (TPSA) is 149 Å². The molecule has 3 atom stereocenters. The number of unbranched alkanes of at least 4 members (excludes halogenated alkanes) is 23. The Morgan fingerprint density at radius 3 is 1.40 bits per heavy atom. The molecule has 10 nitrogen and oxygen atoms in total. The molecule has 0 aliphatic rings. The molecule has 0 rings (SSSR count). The Kier molecular flexibility index (Phi) is 41.0. The van der Waals surface area contributed by atoms with Crippen molar-refractivity contribution in [1.29, 1.82) is 0 Å². The molecule has 0 aromatic carbocycles. The van der Waals surface area contributed by atoms with Gasteiger partial charge in [-0.15, -0.1) is 0 Å². The Balaban J connectivity index is 4.29. The predicted molar refractivity (Wildman–Crippen MR) is 233 cm³/mol. The Morgan fingerprint density at radius 1 is 0.526 bits per heavy atom. The van der Waals surface area contributed by atoms with E-state index >= 15 is 0 Å². The average Bonchev–Trinajstić information content (AvgIpc) is 3.20. The van der Waals surface area contributed by atoms with E-state index in [4.69, 9.17) is 23.6 Å². The lowest BCUT2D eigenvalue weighted by Crippen LogP contribution is -2.29. The Bertz CT molecular complexity index is 1050. The van der Waals surface area contributed by atoms with E-state index in [9.17, 15) is 24.2 Å². The molecule has 0 aliphatic carbocycles. The van der Waals surface area contributed by atoms with Crippen molar-refractivity contribution in [2.24, 2.45) is 0 Å². The number of hydrogen-bond donors (Lipinski definition) is 3. The van der Waals surface area contributed by atoms with E-state index in [0.29, 0.717) is 12.8 Å². The number of phosphoric ester groups is 1. The summed E-state index contributed by atoms with van der Waals surface area (Å²) in [7, 11) is -4.62. The molecular formula is C46H85O10P. The first-order valence-electron chi connectivity index (χ1n) is 22.9. The number of hydrogen-bond acceptors (Lipinski definition) is 9. The van der Waals surface area contributed by atoms with E-state index in [1.54, 1.807) is 0 Å². The number of rotatable bonds is 43. The van der Waals surface area contributed by atoms with Gasteiger partial charge in [0.25, 0.3) is 0 Å². The minimum atomic E-state index is -4.62. The van der Waals surface area contributed by atoms with Crippen molar-refractivity contribution >= 4 is 19.8 Å². The van der Waals surface area contributed by atoms with Gasteiger partial charge in [0.15, 0.2) is 6.10 Å². The Labute approximate surface area is 348 Å². The molecule has 0 saturated carbocycles. The first-order chi connectivity index (χ1) is 27.7. The van der Waals surface area contributed by atoms with Crippen LogP contribution in [0.1, 0.15) is 206 Å². The molecule has 0 aromatic heterocycles. The van der Waals surface area contributed by atoms with Crippen LogP contribution in [0, 0.1) is 0 Å². The molecular weight excluding hydrogens is 743 g/mol. The monoisotopic (exact) mass is 829 g/mol. The van der Waals surface area contributed by atoms with Crippen LogP contribution in [0.4, 0.5) is 0 Å². The molecule has 0 aromatic rings. The van der Waals surface area contributed by atoms with Crippen molar-refractivity contribution in [1.82, 2.24) is 0 Å². The number of aliphatic hydroxyl groups excluding tert-OH is 2. The van der Waals surface area contributed by atoms with Crippen LogP contribution in [0.15, 0.2) is 36.5 Å². The number of carbonyl (C=O) groups is 2. The summed E-state index contributed by atoms with van der Waals surface area (Å²) in [6.45, 7) is 2.35. The van der Waals surface area contributed by atoms with Gasteiger partial charge in [-0.1, -0.05) is 179 Å². The molecule has 334 valence electrons. The maximum absolute atomic E-state index is 12.6. The SMILES string of the molecule is CCCCC/C=C\C/C=C\C/C=C\CCCCCCC(=O)OC[C@H](COP(=O)(O)OC[C@@H](O)CO)OC(=O)CCCCCCCCCCCCCCCCCCC. The lowest BCUT2D eigenvalue weighted by atomic mass is 10.0. The molecule has 0 spiro atoms. The van der Waals surface area contributed by atoms with Crippen molar-refractivity contribution in [2.75, 3.05) is 26.4 Å². The van der Waals surface area contributed by atoms with Crippen molar-refractivity contribution in [2.45, 2.75) is 219 Å². The van der Waals surface area contributed by atoms with Crippen LogP contribution < -0.4 is 0 Å². The van der Waals surface area contributed by atoms with Gasteiger partial charge in [0.2, 0.25) is 0 Å². The molecule has 1 unspecified atom stereocenters. The lowest BCUT2D eigenvalue weighted by molar-refractivity contribution is -0.161. The molecule has 0 heterocycles. The first-order valence-corrected chi connectivity index (χ1v) is 24.4. The van der Waals surface area contributed by atoms with Crippen molar-refractivity contribution in [3.05, 3.63) is 36.5 Å². The number of carbonyl (C=O) groups excluding carboxylic acids is 2. The zero-order chi connectivity index (χ0) is 41.9. The van der Waals surface area contributed by atoms with E-state index < -0.39 is 51.8 Å². The fourth-order valence-electron chi connectivity index (χ4n) is 6.24.